The fourth-order valence-electron chi connectivity index (χ4n) is 2.01. The summed E-state index contributed by atoms with van der Waals surface area (Å²) in [6, 6.07) is 7.22. The standard InChI is InChI=1S/C13H13N3O4S/c14-7-9-2-1-3-10(6-9)8-21(19,20)16-11-4-5-12(17)15-13(11)18/h1-3,6,11,16H,4-5,8H2,(H,15,17,18). The molecule has 2 amide bonds. The van der Waals surface area contributed by atoms with Gasteiger partial charge in [0.15, 0.2) is 0 Å². The predicted octanol–water partition coefficient (Wildman–Crippen LogP) is -0.217. The molecule has 1 saturated heterocycles. The number of sulfonamides is 1. The first-order valence-electron chi connectivity index (χ1n) is 6.22. The maximum absolute atomic E-state index is 12.0. The fourth-order valence-corrected chi connectivity index (χ4v) is 3.37. The van der Waals surface area contributed by atoms with Gasteiger partial charge in [-0.1, -0.05) is 12.1 Å². The Kier molecular flexibility index (Phi) is 4.35. The fraction of sp³-hybridized carbons (Fsp3) is 0.308. The molecule has 0 aliphatic carbocycles. The first-order chi connectivity index (χ1) is 9.89. The van der Waals surface area contributed by atoms with Crippen molar-refractivity contribution in [3.05, 3.63) is 35.4 Å². The van der Waals surface area contributed by atoms with Crippen molar-refractivity contribution in [1.29, 1.82) is 5.26 Å². The lowest BCUT2D eigenvalue weighted by Crippen LogP contribution is -2.52. The summed E-state index contributed by atoms with van der Waals surface area (Å²) in [5, 5.41) is 10.9. The molecule has 110 valence electrons. The molecule has 21 heavy (non-hydrogen) atoms. The topological polar surface area (TPSA) is 116 Å². The van der Waals surface area contributed by atoms with Crippen LogP contribution in [0, 0.1) is 11.3 Å². The van der Waals surface area contributed by atoms with Crippen LogP contribution in [0.3, 0.4) is 0 Å². The predicted molar refractivity (Wildman–Crippen MR) is 73.1 cm³/mol. The van der Waals surface area contributed by atoms with Crippen LogP contribution < -0.4 is 10.0 Å². The molecular formula is C13H13N3O4S. The first kappa shape index (κ1) is 15.2. The van der Waals surface area contributed by atoms with E-state index in [1.807, 2.05) is 6.07 Å². The van der Waals surface area contributed by atoms with Crippen molar-refractivity contribution >= 4 is 21.8 Å². The number of nitrogens with zero attached hydrogens (tertiary/aromatic N) is 1. The number of imide groups is 1. The van der Waals surface area contributed by atoms with E-state index in [9.17, 15) is 18.0 Å². The molecule has 1 heterocycles. The number of amides is 2. The number of nitriles is 1. The van der Waals surface area contributed by atoms with E-state index in [0.29, 0.717) is 11.1 Å². The highest BCUT2D eigenvalue weighted by Crippen LogP contribution is 2.11. The van der Waals surface area contributed by atoms with E-state index < -0.39 is 27.9 Å². The number of carbonyl (C=O) groups is 2. The van der Waals surface area contributed by atoms with Gasteiger partial charge < -0.3 is 0 Å². The minimum absolute atomic E-state index is 0.100. The minimum atomic E-state index is -3.74. The molecule has 2 N–H and O–H groups in total. The molecule has 1 unspecified atom stereocenters. The van der Waals surface area contributed by atoms with E-state index in [1.165, 1.54) is 6.07 Å². The minimum Gasteiger partial charge on any atom is -0.295 e. The van der Waals surface area contributed by atoms with Gasteiger partial charge in [0, 0.05) is 6.42 Å². The van der Waals surface area contributed by atoms with Gasteiger partial charge in [-0.2, -0.15) is 5.26 Å². The van der Waals surface area contributed by atoms with Crippen molar-refractivity contribution in [3.63, 3.8) is 0 Å². The van der Waals surface area contributed by atoms with Crippen LogP contribution in [-0.4, -0.2) is 26.3 Å². The van der Waals surface area contributed by atoms with E-state index in [-0.39, 0.29) is 18.6 Å². The Morgan fingerprint density at radius 2 is 2.14 bits per heavy atom. The second-order valence-electron chi connectivity index (χ2n) is 4.69. The zero-order valence-corrected chi connectivity index (χ0v) is 11.8. The number of hydrogen-bond donors (Lipinski definition) is 2. The molecule has 1 aromatic rings. The van der Waals surface area contributed by atoms with Crippen LogP contribution in [0.1, 0.15) is 24.0 Å². The summed E-state index contributed by atoms with van der Waals surface area (Å²) in [6.45, 7) is 0. The smallest absolute Gasteiger partial charge is 0.244 e. The van der Waals surface area contributed by atoms with Gasteiger partial charge in [0.25, 0.3) is 0 Å². The van der Waals surface area contributed by atoms with Gasteiger partial charge in [-0.25, -0.2) is 13.1 Å². The third-order valence-electron chi connectivity index (χ3n) is 2.97. The summed E-state index contributed by atoms with van der Waals surface area (Å²) in [5.74, 6) is -1.38. The van der Waals surface area contributed by atoms with Crippen molar-refractivity contribution in [2.45, 2.75) is 24.6 Å². The number of piperidine rings is 1. The lowest BCUT2D eigenvalue weighted by Gasteiger charge is -2.21. The molecule has 0 saturated carbocycles. The van der Waals surface area contributed by atoms with Gasteiger partial charge in [-0.3, -0.25) is 14.9 Å². The molecule has 1 fully saturated rings. The van der Waals surface area contributed by atoms with Gasteiger partial charge in [0.05, 0.1) is 17.4 Å². The quantitative estimate of drug-likeness (QED) is 0.746. The zero-order chi connectivity index (χ0) is 15.5. The summed E-state index contributed by atoms with van der Waals surface area (Å²) in [7, 11) is -3.74. The molecule has 1 aromatic carbocycles. The molecule has 0 radical (unpaired) electrons. The maximum Gasteiger partial charge on any atom is 0.244 e. The Hall–Kier alpha value is -2.24. The largest absolute Gasteiger partial charge is 0.295 e. The number of carbonyl (C=O) groups excluding carboxylic acids is 2. The molecular weight excluding hydrogens is 294 g/mol. The molecule has 2 rings (SSSR count). The lowest BCUT2D eigenvalue weighted by molar-refractivity contribution is -0.134. The Morgan fingerprint density at radius 1 is 1.38 bits per heavy atom. The van der Waals surface area contributed by atoms with Gasteiger partial charge in [0.1, 0.15) is 6.04 Å². The van der Waals surface area contributed by atoms with E-state index in [0.717, 1.165) is 0 Å². The normalized spacial score (nSPS) is 18.9. The van der Waals surface area contributed by atoms with Crippen molar-refractivity contribution in [2.24, 2.45) is 0 Å². The van der Waals surface area contributed by atoms with Crippen LogP contribution in [0.5, 0.6) is 0 Å². The van der Waals surface area contributed by atoms with Gasteiger partial charge in [-0.15, -0.1) is 0 Å². The number of hydrogen-bond acceptors (Lipinski definition) is 5. The van der Waals surface area contributed by atoms with E-state index in [2.05, 4.69) is 10.0 Å². The van der Waals surface area contributed by atoms with Gasteiger partial charge in [-0.05, 0) is 24.1 Å². The molecule has 0 spiro atoms. The van der Waals surface area contributed by atoms with Crippen molar-refractivity contribution < 1.29 is 18.0 Å². The van der Waals surface area contributed by atoms with Crippen molar-refractivity contribution in [2.75, 3.05) is 0 Å². The SMILES string of the molecule is N#Cc1cccc(CS(=O)(=O)NC2CCC(=O)NC2=O)c1. The van der Waals surface area contributed by atoms with E-state index >= 15 is 0 Å². The average molecular weight is 307 g/mol. The summed E-state index contributed by atoms with van der Waals surface area (Å²) in [4.78, 5) is 22.5. The van der Waals surface area contributed by atoms with Crippen LogP contribution in [0.4, 0.5) is 0 Å². The average Bonchev–Trinajstić information content (AvgIpc) is 2.41. The summed E-state index contributed by atoms with van der Waals surface area (Å²) >= 11 is 0. The van der Waals surface area contributed by atoms with Crippen molar-refractivity contribution in [3.8, 4) is 6.07 Å². The third-order valence-corrected chi connectivity index (χ3v) is 4.33. The highest BCUT2D eigenvalue weighted by Gasteiger charge is 2.30. The van der Waals surface area contributed by atoms with Crippen molar-refractivity contribution in [1.82, 2.24) is 10.0 Å². The van der Waals surface area contributed by atoms with Crippen LogP contribution in [-0.2, 0) is 25.4 Å². The summed E-state index contributed by atoms with van der Waals surface area (Å²) in [5.41, 5.74) is 0.817. The monoisotopic (exact) mass is 307 g/mol. The van der Waals surface area contributed by atoms with Gasteiger partial charge in [0.2, 0.25) is 21.8 Å². The third kappa shape index (κ3) is 4.11. The Morgan fingerprint density at radius 3 is 2.81 bits per heavy atom. The zero-order valence-electron chi connectivity index (χ0n) is 11.0. The van der Waals surface area contributed by atoms with E-state index in [1.54, 1.807) is 18.2 Å². The molecule has 1 aliphatic rings. The summed E-state index contributed by atoms with van der Waals surface area (Å²) < 4.78 is 26.3. The number of benzene rings is 1. The molecule has 8 heteroatoms. The lowest BCUT2D eigenvalue weighted by atomic mass is 10.1. The van der Waals surface area contributed by atoms with E-state index in [4.69, 9.17) is 5.26 Å². The highest BCUT2D eigenvalue weighted by atomic mass is 32.2. The molecule has 0 aromatic heterocycles. The van der Waals surface area contributed by atoms with Crippen LogP contribution in [0.2, 0.25) is 0 Å². The second kappa shape index (κ2) is 6.03. The van der Waals surface area contributed by atoms with Gasteiger partial charge >= 0.3 is 0 Å². The molecule has 1 atom stereocenters. The first-order valence-corrected chi connectivity index (χ1v) is 7.87. The molecule has 7 nitrogen and oxygen atoms in total. The van der Waals surface area contributed by atoms with Crippen LogP contribution >= 0.6 is 0 Å². The molecule has 1 aliphatic heterocycles. The van der Waals surface area contributed by atoms with Crippen LogP contribution in [0.25, 0.3) is 0 Å². The Labute approximate surface area is 122 Å². The maximum atomic E-state index is 12.0. The Balaban J connectivity index is 2.07. The number of rotatable bonds is 4. The summed E-state index contributed by atoms with van der Waals surface area (Å²) in [6.07, 6.45) is 0.241. The Bertz CT molecular complexity index is 721. The molecule has 0 bridgehead atoms. The highest BCUT2D eigenvalue weighted by molar-refractivity contribution is 7.88. The second-order valence-corrected chi connectivity index (χ2v) is 6.45. The number of nitrogens with one attached hydrogen (secondary N) is 2. The van der Waals surface area contributed by atoms with Crippen LogP contribution in [0.15, 0.2) is 24.3 Å².